The van der Waals surface area contributed by atoms with Crippen molar-refractivity contribution in [1.29, 1.82) is 0 Å². The van der Waals surface area contributed by atoms with Gasteiger partial charge in [-0.2, -0.15) is 0 Å². The number of imidazole rings is 1. The Bertz CT molecular complexity index is 1270. The zero-order chi connectivity index (χ0) is 22.8. The van der Waals surface area contributed by atoms with Gasteiger partial charge in [0.15, 0.2) is 11.5 Å². The zero-order valence-electron chi connectivity index (χ0n) is 18.6. The Morgan fingerprint density at radius 1 is 1.12 bits per heavy atom. The minimum absolute atomic E-state index is 0.218. The number of hydrogen-bond donors (Lipinski definition) is 1. The third-order valence-electron chi connectivity index (χ3n) is 6.24. The lowest BCUT2D eigenvalue weighted by Gasteiger charge is -2.15. The molecule has 0 saturated heterocycles. The number of aromatic nitrogens is 2. The van der Waals surface area contributed by atoms with Gasteiger partial charge in [0.05, 0.1) is 12.0 Å². The highest BCUT2D eigenvalue weighted by Crippen LogP contribution is 2.39. The first-order valence-corrected chi connectivity index (χ1v) is 11.4. The van der Waals surface area contributed by atoms with Crippen LogP contribution in [0.2, 0.25) is 0 Å². The normalized spacial score (nSPS) is 14.0. The van der Waals surface area contributed by atoms with Crippen LogP contribution >= 0.6 is 0 Å². The molecule has 1 saturated carbocycles. The summed E-state index contributed by atoms with van der Waals surface area (Å²) in [6.45, 7) is 2.28. The molecule has 2 aromatic heterocycles. The summed E-state index contributed by atoms with van der Waals surface area (Å²) in [4.78, 5) is 17.4. The van der Waals surface area contributed by atoms with Crippen LogP contribution in [0.25, 0.3) is 22.7 Å². The largest absolute Gasteiger partial charge is 0.449 e. The summed E-state index contributed by atoms with van der Waals surface area (Å²) in [6, 6.07) is 18.3. The van der Waals surface area contributed by atoms with Crippen molar-refractivity contribution in [1.82, 2.24) is 14.9 Å². The first kappa shape index (κ1) is 21.2. The van der Waals surface area contributed by atoms with Gasteiger partial charge in [-0.15, -0.1) is 0 Å². The molecule has 0 aliphatic heterocycles. The zero-order valence-corrected chi connectivity index (χ0v) is 18.6. The predicted octanol–water partition coefficient (Wildman–Crippen LogP) is 6.30. The monoisotopic (exact) mass is 443 g/mol. The number of nitrogens with zero attached hydrogens (tertiary/aromatic N) is 2. The number of carbonyl (C=O) groups is 1. The van der Waals surface area contributed by atoms with Crippen molar-refractivity contribution < 1.29 is 13.6 Å². The van der Waals surface area contributed by atoms with E-state index in [0.717, 1.165) is 29.8 Å². The summed E-state index contributed by atoms with van der Waals surface area (Å²) in [6.07, 6.45) is 6.52. The third-order valence-corrected chi connectivity index (χ3v) is 6.24. The molecule has 4 aromatic rings. The van der Waals surface area contributed by atoms with Gasteiger partial charge in [-0.05, 0) is 49.6 Å². The maximum atomic E-state index is 13.4. The van der Waals surface area contributed by atoms with Crippen LogP contribution in [0, 0.1) is 12.7 Å². The van der Waals surface area contributed by atoms with Crippen LogP contribution in [0.3, 0.4) is 0 Å². The third kappa shape index (κ3) is 4.46. The van der Waals surface area contributed by atoms with E-state index in [1.165, 1.54) is 30.5 Å². The van der Waals surface area contributed by atoms with Crippen LogP contribution < -0.4 is 5.32 Å². The van der Waals surface area contributed by atoms with Gasteiger partial charge in [0, 0.05) is 18.2 Å². The molecule has 0 spiro atoms. The highest BCUT2D eigenvalue weighted by Gasteiger charge is 2.25. The van der Waals surface area contributed by atoms with Gasteiger partial charge < -0.3 is 14.3 Å². The molecular formula is C27H26FN3O2. The van der Waals surface area contributed by atoms with Crippen LogP contribution in [0.1, 0.15) is 53.4 Å². The summed E-state index contributed by atoms with van der Waals surface area (Å²) >= 11 is 0. The van der Waals surface area contributed by atoms with Crippen molar-refractivity contribution in [2.75, 3.05) is 0 Å². The van der Waals surface area contributed by atoms with Gasteiger partial charge in [0.2, 0.25) is 0 Å². The lowest BCUT2D eigenvalue weighted by Crippen LogP contribution is -2.22. The Morgan fingerprint density at radius 3 is 2.67 bits per heavy atom. The first-order valence-electron chi connectivity index (χ1n) is 11.4. The van der Waals surface area contributed by atoms with E-state index in [1.807, 2.05) is 12.4 Å². The maximum absolute atomic E-state index is 13.4. The lowest BCUT2D eigenvalue weighted by atomic mass is 10.1. The molecule has 1 fully saturated rings. The number of hydrogen-bond acceptors (Lipinski definition) is 3. The predicted molar refractivity (Wildman–Crippen MR) is 125 cm³/mol. The Kier molecular flexibility index (Phi) is 5.82. The van der Waals surface area contributed by atoms with E-state index >= 15 is 0 Å². The molecule has 5 rings (SSSR count). The van der Waals surface area contributed by atoms with Crippen molar-refractivity contribution in [3.8, 4) is 22.7 Å². The average Bonchev–Trinajstić information content (AvgIpc) is 3.58. The van der Waals surface area contributed by atoms with E-state index in [4.69, 9.17) is 9.40 Å². The standard InChI is InChI=1S/C27H26FN3O2/c1-18-9-11-20(12-10-18)25-26(31(17-30-25)22-7-2-3-8-22)23-13-14-24(33-23)27(32)29-16-19-5-4-6-21(28)15-19/h4-6,9-15,17,22H,2-3,7-8,16H2,1H3,(H,29,32). The molecule has 168 valence electrons. The van der Waals surface area contributed by atoms with Crippen LogP contribution in [-0.4, -0.2) is 15.5 Å². The number of halogens is 1. The van der Waals surface area contributed by atoms with E-state index in [1.54, 1.807) is 18.2 Å². The second-order valence-corrected chi connectivity index (χ2v) is 8.63. The van der Waals surface area contributed by atoms with Crippen molar-refractivity contribution in [2.24, 2.45) is 0 Å². The molecule has 0 radical (unpaired) electrons. The summed E-state index contributed by atoms with van der Waals surface area (Å²) in [7, 11) is 0. The fraction of sp³-hybridized carbons (Fsp3) is 0.259. The molecule has 1 N–H and O–H groups in total. The Labute approximate surface area is 192 Å². The number of benzene rings is 2. The van der Waals surface area contributed by atoms with Crippen molar-refractivity contribution >= 4 is 5.91 Å². The van der Waals surface area contributed by atoms with Crippen molar-refractivity contribution in [2.45, 2.75) is 45.2 Å². The maximum Gasteiger partial charge on any atom is 0.287 e. The fourth-order valence-electron chi connectivity index (χ4n) is 4.49. The average molecular weight is 444 g/mol. The van der Waals surface area contributed by atoms with Crippen molar-refractivity contribution in [3.05, 3.63) is 89.7 Å². The summed E-state index contributed by atoms with van der Waals surface area (Å²) in [5, 5.41) is 2.80. The highest BCUT2D eigenvalue weighted by molar-refractivity contribution is 5.92. The second-order valence-electron chi connectivity index (χ2n) is 8.63. The van der Waals surface area contributed by atoms with Crippen LogP contribution in [-0.2, 0) is 6.54 Å². The molecule has 6 heteroatoms. The molecule has 2 heterocycles. The SMILES string of the molecule is Cc1ccc(-c2ncn(C3CCCC3)c2-c2ccc(C(=O)NCc3cccc(F)c3)o2)cc1. The molecule has 0 bridgehead atoms. The van der Waals surface area contributed by atoms with Crippen LogP contribution in [0.15, 0.2) is 71.4 Å². The quantitative estimate of drug-likeness (QED) is 0.380. The molecule has 1 aliphatic carbocycles. The minimum Gasteiger partial charge on any atom is -0.449 e. The number of rotatable bonds is 6. The second kappa shape index (κ2) is 9.06. The Morgan fingerprint density at radius 2 is 1.91 bits per heavy atom. The highest BCUT2D eigenvalue weighted by atomic mass is 19.1. The lowest BCUT2D eigenvalue weighted by molar-refractivity contribution is 0.0924. The molecule has 0 unspecified atom stereocenters. The smallest absolute Gasteiger partial charge is 0.287 e. The Balaban J connectivity index is 1.44. The Hall–Kier alpha value is -3.67. The molecule has 5 nitrogen and oxygen atoms in total. The molecule has 2 aromatic carbocycles. The van der Waals surface area contributed by atoms with Gasteiger partial charge in [-0.25, -0.2) is 9.37 Å². The van der Waals surface area contributed by atoms with Gasteiger partial charge in [-0.3, -0.25) is 4.79 Å². The molecular weight excluding hydrogens is 417 g/mol. The van der Waals surface area contributed by atoms with Crippen LogP contribution in [0.5, 0.6) is 0 Å². The number of nitrogens with one attached hydrogen (secondary N) is 1. The van der Waals surface area contributed by atoms with Gasteiger partial charge in [0.25, 0.3) is 5.91 Å². The molecule has 1 aliphatic rings. The summed E-state index contributed by atoms with van der Waals surface area (Å²) in [5.74, 6) is 0.168. The van der Waals surface area contributed by atoms with Gasteiger partial charge in [-0.1, -0.05) is 54.8 Å². The molecule has 33 heavy (non-hydrogen) atoms. The minimum atomic E-state index is -0.339. The first-order chi connectivity index (χ1) is 16.1. The summed E-state index contributed by atoms with van der Waals surface area (Å²) < 4.78 is 21.6. The number of carbonyl (C=O) groups excluding carboxylic acids is 1. The number of aryl methyl sites for hydroxylation is 1. The van der Waals surface area contributed by atoms with Gasteiger partial charge >= 0.3 is 0 Å². The van der Waals surface area contributed by atoms with Gasteiger partial charge in [0.1, 0.15) is 11.5 Å². The van der Waals surface area contributed by atoms with E-state index in [2.05, 4.69) is 41.1 Å². The van der Waals surface area contributed by atoms with E-state index in [9.17, 15) is 9.18 Å². The number of furan rings is 1. The fourth-order valence-corrected chi connectivity index (χ4v) is 4.49. The van der Waals surface area contributed by atoms with Crippen molar-refractivity contribution in [3.63, 3.8) is 0 Å². The van der Waals surface area contributed by atoms with E-state index in [-0.39, 0.29) is 24.0 Å². The molecule has 1 amide bonds. The number of amides is 1. The van der Waals surface area contributed by atoms with E-state index in [0.29, 0.717) is 17.4 Å². The van der Waals surface area contributed by atoms with Crippen LogP contribution in [0.4, 0.5) is 4.39 Å². The topological polar surface area (TPSA) is 60.1 Å². The summed E-state index contributed by atoms with van der Waals surface area (Å²) in [5.41, 5.74) is 4.64. The van der Waals surface area contributed by atoms with E-state index < -0.39 is 0 Å². The molecule has 0 atom stereocenters.